The van der Waals surface area contributed by atoms with E-state index in [1.807, 2.05) is 24.3 Å². The van der Waals surface area contributed by atoms with E-state index < -0.39 is 0 Å². The molecule has 0 spiro atoms. The van der Waals surface area contributed by atoms with Gasteiger partial charge in [0.1, 0.15) is 6.67 Å². The predicted molar refractivity (Wildman–Crippen MR) is 65.9 cm³/mol. The summed E-state index contributed by atoms with van der Waals surface area (Å²) in [4.78, 5) is 4.73. The molecule has 3 heteroatoms. The normalized spacial score (nSPS) is 13.1. The molecule has 2 aromatic rings. The second-order valence-corrected chi connectivity index (χ2v) is 5.66. The first-order valence-corrected chi connectivity index (χ1v) is 6.64. The Morgan fingerprint density at radius 3 is 2.25 bits per heavy atom. The Kier molecular flexibility index (Phi) is 2.65. The van der Waals surface area contributed by atoms with Crippen molar-refractivity contribution in [3.05, 3.63) is 48.0 Å². The highest BCUT2D eigenvalue weighted by Gasteiger charge is 2.18. The van der Waals surface area contributed by atoms with Crippen LogP contribution in [0.15, 0.2) is 62.0 Å². The van der Waals surface area contributed by atoms with Crippen LogP contribution in [0.4, 0.5) is 4.39 Å². The maximum atomic E-state index is 12.9. The summed E-state index contributed by atoms with van der Waals surface area (Å²) in [5.41, 5.74) is 0.796. The Balaban J connectivity index is 2.12. The lowest BCUT2D eigenvalue weighted by Crippen LogP contribution is -1.93. The zero-order valence-corrected chi connectivity index (χ0v) is 10.1. The molecule has 0 saturated carbocycles. The minimum Gasteiger partial charge on any atom is -0.246 e. The van der Waals surface area contributed by atoms with Crippen LogP contribution in [-0.4, -0.2) is 0 Å². The third-order valence-corrected chi connectivity index (χ3v) is 5.14. The lowest BCUT2D eigenvalue weighted by atomic mass is 10.2. The molecular formula is C13H9FS2. The molecule has 1 heterocycles. The standard InChI is InChI=1S/C13H9FS2/c14-8-9-4-3-7-12-13(9)16-11-6-2-1-5-10(11)15-12/h1-7H,8H2. The molecule has 0 aliphatic carbocycles. The summed E-state index contributed by atoms with van der Waals surface area (Å²) in [5.74, 6) is 0. The first-order chi connectivity index (χ1) is 7.88. The molecule has 0 bridgehead atoms. The van der Waals surface area contributed by atoms with Crippen LogP contribution < -0.4 is 0 Å². The number of benzene rings is 2. The van der Waals surface area contributed by atoms with Crippen LogP contribution in [-0.2, 0) is 6.67 Å². The maximum Gasteiger partial charge on any atom is 0.116 e. The predicted octanol–water partition coefficient (Wildman–Crippen LogP) is 4.77. The molecule has 16 heavy (non-hydrogen) atoms. The number of hydrogen-bond acceptors (Lipinski definition) is 2. The average molecular weight is 248 g/mol. The van der Waals surface area contributed by atoms with Crippen LogP contribution in [0.2, 0.25) is 0 Å². The van der Waals surface area contributed by atoms with Gasteiger partial charge in [-0.25, -0.2) is 4.39 Å². The van der Waals surface area contributed by atoms with Crippen LogP contribution in [0.5, 0.6) is 0 Å². The van der Waals surface area contributed by atoms with Gasteiger partial charge in [-0.05, 0) is 23.8 Å². The topological polar surface area (TPSA) is 0 Å². The van der Waals surface area contributed by atoms with Crippen LogP contribution >= 0.6 is 23.5 Å². The van der Waals surface area contributed by atoms with E-state index >= 15 is 0 Å². The van der Waals surface area contributed by atoms with Gasteiger partial charge < -0.3 is 0 Å². The van der Waals surface area contributed by atoms with Crippen molar-refractivity contribution in [3.8, 4) is 0 Å². The van der Waals surface area contributed by atoms with Crippen LogP contribution in [0.25, 0.3) is 0 Å². The van der Waals surface area contributed by atoms with Gasteiger partial charge in [0.2, 0.25) is 0 Å². The fraction of sp³-hybridized carbons (Fsp3) is 0.0769. The molecule has 0 N–H and O–H groups in total. The van der Waals surface area contributed by atoms with Gasteiger partial charge in [0.15, 0.2) is 0 Å². The first-order valence-electron chi connectivity index (χ1n) is 5.01. The average Bonchev–Trinajstić information content (AvgIpc) is 2.35. The maximum absolute atomic E-state index is 12.9. The molecule has 0 radical (unpaired) electrons. The van der Waals surface area contributed by atoms with E-state index in [-0.39, 0.29) is 6.67 Å². The van der Waals surface area contributed by atoms with Gasteiger partial charge in [0, 0.05) is 19.6 Å². The smallest absolute Gasteiger partial charge is 0.116 e. The molecule has 1 aliphatic heterocycles. The fourth-order valence-electron chi connectivity index (χ4n) is 1.71. The van der Waals surface area contributed by atoms with Gasteiger partial charge in [-0.3, -0.25) is 0 Å². The molecule has 0 aromatic heterocycles. The molecule has 2 aromatic carbocycles. The lowest BCUT2D eigenvalue weighted by molar-refractivity contribution is 0.478. The van der Waals surface area contributed by atoms with Crippen LogP contribution in [0.1, 0.15) is 5.56 Å². The molecule has 0 fully saturated rings. The van der Waals surface area contributed by atoms with Gasteiger partial charge in [0.25, 0.3) is 0 Å². The molecule has 3 rings (SSSR count). The zero-order valence-electron chi connectivity index (χ0n) is 8.44. The monoisotopic (exact) mass is 248 g/mol. The van der Waals surface area contributed by atoms with E-state index in [9.17, 15) is 4.39 Å². The number of rotatable bonds is 1. The molecule has 80 valence electrons. The third kappa shape index (κ3) is 1.64. The Hall–Kier alpha value is -0.930. The second kappa shape index (κ2) is 4.15. The number of hydrogen-bond donors (Lipinski definition) is 0. The van der Waals surface area contributed by atoms with Crippen molar-refractivity contribution in [3.63, 3.8) is 0 Å². The van der Waals surface area contributed by atoms with E-state index in [1.54, 1.807) is 23.5 Å². The highest BCUT2D eigenvalue weighted by atomic mass is 32.2. The molecule has 1 aliphatic rings. The van der Waals surface area contributed by atoms with E-state index in [0.717, 1.165) is 10.5 Å². The summed E-state index contributed by atoms with van der Waals surface area (Å²) in [7, 11) is 0. The Bertz CT molecular complexity index is 537. The summed E-state index contributed by atoms with van der Waals surface area (Å²) in [6.07, 6.45) is 0. The molecular weight excluding hydrogens is 239 g/mol. The van der Waals surface area contributed by atoms with Gasteiger partial charge in [0.05, 0.1) is 0 Å². The van der Waals surface area contributed by atoms with Gasteiger partial charge in [-0.1, -0.05) is 47.8 Å². The van der Waals surface area contributed by atoms with E-state index in [1.165, 1.54) is 14.7 Å². The lowest BCUT2D eigenvalue weighted by Gasteiger charge is -2.19. The largest absolute Gasteiger partial charge is 0.246 e. The fourth-order valence-corrected chi connectivity index (χ4v) is 4.09. The summed E-state index contributed by atoms with van der Waals surface area (Å²) in [5, 5.41) is 0. The van der Waals surface area contributed by atoms with Gasteiger partial charge in [-0.15, -0.1) is 0 Å². The molecule has 0 saturated heterocycles. The van der Waals surface area contributed by atoms with Gasteiger partial charge in [-0.2, -0.15) is 0 Å². The minimum absolute atomic E-state index is 0.390. The minimum atomic E-state index is -0.390. The number of alkyl halides is 1. The van der Waals surface area contributed by atoms with E-state index in [0.29, 0.717) is 0 Å². The SMILES string of the molecule is FCc1cccc2c1Sc1ccccc1S2. The van der Waals surface area contributed by atoms with Crippen molar-refractivity contribution in [1.82, 2.24) is 0 Å². The Morgan fingerprint density at radius 1 is 0.812 bits per heavy atom. The summed E-state index contributed by atoms with van der Waals surface area (Å²) >= 11 is 3.40. The van der Waals surface area contributed by atoms with E-state index in [4.69, 9.17) is 0 Å². The highest BCUT2D eigenvalue weighted by molar-refractivity contribution is 8.05. The van der Waals surface area contributed by atoms with Crippen molar-refractivity contribution in [1.29, 1.82) is 0 Å². The Labute approximate surface area is 102 Å². The molecule has 0 amide bonds. The second-order valence-electron chi connectivity index (χ2n) is 3.53. The van der Waals surface area contributed by atoms with Crippen molar-refractivity contribution in [2.75, 3.05) is 0 Å². The Morgan fingerprint density at radius 2 is 1.50 bits per heavy atom. The zero-order chi connectivity index (χ0) is 11.0. The van der Waals surface area contributed by atoms with Crippen molar-refractivity contribution >= 4 is 23.5 Å². The first kappa shape index (κ1) is 10.2. The van der Waals surface area contributed by atoms with Crippen molar-refractivity contribution < 1.29 is 4.39 Å². The van der Waals surface area contributed by atoms with Crippen molar-refractivity contribution in [2.45, 2.75) is 26.3 Å². The van der Waals surface area contributed by atoms with Crippen LogP contribution in [0, 0.1) is 0 Å². The quantitative estimate of drug-likeness (QED) is 0.608. The third-order valence-electron chi connectivity index (χ3n) is 2.49. The van der Waals surface area contributed by atoms with Gasteiger partial charge >= 0.3 is 0 Å². The molecule has 0 nitrogen and oxygen atoms in total. The van der Waals surface area contributed by atoms with Crippen LogP contribution in [0.3, 0.4) is 0 Å². The van der Waals surface area contributed by atoms with E-state index in [2.05, 4.69) is 18.2 Å². The summed E-state index contributed by atoms with van der Waals surface area (Å²) in [6.45, 7) is -0.390. The number of fused-ring (bicyclic) bond motifs is 2. The molecule has 0 unspecified atom stereocenters. The number of halogens is 1. The summed E-state index contributed by atoms with van der Waals surface area (Å²) in [6, 6.07) is 14.1. The summed E-state index contributed by atoms with van der Waals surface area (Å²) < 4.78 is 12.9. The van der Waals surface area contributed by atoms with Crippen molar-refractivity contribution in [2.24, 2.45) is 0 Å². The highest BCUT2D eigenvalue weighted by Crippen LogP contribution is 2.49. The molecule has 0 atom stereocenters.